The Morgan fingerprint density at radius 1 is 1.10 bits per heavy atom. The van der Waals surface area contributed by atoms with Crippen molar-refractivity contribution in [3.8, 4) is 17.2 Å². The van der Waals surface area contributed by atoms with Gasteiger partial charge in [0.15, 0.2) is 11.5 Å². The average molecular weight is 432 g/mol. The fourth-order valence-electron chi connectivity index (χ4n) is 3.41. The first kappa shape index (κ1) is 22.1. The van der Waals surface area contributed by atoms with Gasteiger partial charge in [0.2, 0.25) is 11.7 Å². The van der Waals surface area contributed by atoms with Crippen LogP contribution in [0.2, 0.25) is 0 Å². The summed E-state index contributed by atoms with van der Waals surface area (Å²) in [6, 6.07) is 3.64. The molecule has 0 unspecified atom stereocenters. The first-order chi connectivity index (χ1) is 14.6. The fraction of sp³-hybridized carbons (Fsp3) is 0.455. The molecule has 1 aliphatic heterocycles. The van der Waals surface area contributed by atoms with Crippen LogP contribution in [0.4, 0.5) is 0 Å². The van der Waals surface area contributed by atoms with E-state index in [0.29, 0.717) is 30.3 Å². The summed E-state index contributed by atoms with van der Waals surface area (Å²) >= 11 is 1.72. The Morgan fingerprint density at radius 3 is 2.30 bits per heavy atom. The van der Waals surface area contributed by atoms with Gasteiger partial charge in [-0.15, -0.1) is 11.3 Å². The van der Waals surface area contributed by atoms with Crippen molar-refractivity contribution in [2.24, 2.45) is 0 Å². The summed E-state index contributed by atoms with van der Waals surface area (Å²) in [4.78, 5) is 21.5. The van der Waals surface area contributed by atoms with Crippen molar-refractivity contribution in [2.75, 3.05) is 47.5 Å². The van der Waals surface area contributed by atoms with E-state index in [-0.39, 0.29) is 5.91 Å². The second kappa shape index (κ2) is 10.4. The largest absolute Gasteiger partial charge is 0.493 e. The molecule has 1 fully saturated rings. The van der Waals surface area contributed by atoms with Gasteiger partial charge in [0.1, 0.15) is 0 Å². The maximum absolute atomic E-state index is 12.6. The van der Waals surface area contributed by atoms with E-state index in [4.69, 9.17) is 14.2 Å². The quantitative estimate of drug-likeness (QED) is 0.599. The normalized spacial score (nSPS) is 14.9. The summed E-state index contributed by atoms with van der Waals surface area (Å²) in [6.07, 6.45) is 4.36. The number of thiazole rings is 1. The minimum absolute atomic E-state index is 0.00493. The Bertz CT molecular complexity index is 863. The number of nitrogens with zero attached hydrogens (tertiary/aromatic N) is 3. The molecule has 1 saturated heterocycles. The summed E-state index contributed by atoms with van der Waals surface area (Å²) in [6.45, 7) is 6.09. The molecular formula is C22H29N3O4S. The van der Waals surface area contributed by atoms with Gasteiger partial charge in [0.25, 0.3) is 0 Å². The third-order valence-corrected chi connectivity index (χ3v) is 6.12. The number of benzene rings is 1. The fourth-order valence-corrected chi connectivity index (χ4v) is 4.15. The number of amides is 1. The van der Waals surface area contributed by atoms with Gasteiger partial charge >= 0.3 is 0 Å². The molecule has 8 heteroatoms. The zero-order valence-corrected chi connectivity index (χ0v) is 18.8. The molecule has 162 valence electrons. The molecule has 1 aromatic heterocycles. The minimum atomic E-state index is 0.00493. The van der Waals surface area contributed by atoms with E-state index in [9.17, 15) is 4.79 Å². The second-order valence-electron chi connectivity index (χ2n) is 6.98. The lowest BCUT2D eigenvalue weighted by Crippen LogP contribution is -2.47. The first-order valence-electron chi connectivity index (χ1n) is 10.0. The molecule has 0 spiro atoms. The van der Waals surface area contributed by atoms with Gasteiger partial charge in [-0.1, -0.05) is 6.92 Å². The molecular weight excluding hydrogens is 402 g/mol. The van der Waals surface area contributed by atoms with Crippen LogP contribution < -0.4 is 14.2 Å². The molecule has 0 aliphatic carbocycles. The third kappa shape index (κ3) is 5.31. The van der Waals surface area contributed by atoms with Crippen molar-refractivity contribution < 1.29 is 19.0 Å². The Labute approximate surface area is 181 Å². The molecule has 3 rings (SSSR count). The van der Waals surface area contributed by atoms with Gasteiger partial charge in [0.05, 0.1) is 32.0 Å². The van der Waals surface area contributed by atoms with Crippen molar-refractivity contribution in [3.63, 3.8) is 0 Å². The number of piperazine rings is 1. The molecule has 1 aromatic carbocycles. The van der Waals surface area contributed by atoms with Crippen LogP contribution >= 0.6 is 11.3 Å². The summed E-state index contributed by atoms with van der Waals surface area (Å²) in [5.41, 5.74) is 1.94. The highest BCUT2D eigenvalue weighted by Gasteiger charge is 2.20. The van der Waals surface area contributed by atoms with Crippen LogP contribution in [0.15, 0.2) is 23.6 Å². The standard InChI is InChI=1S/C22H29N3O4S/c1-5-20-23-17(15-30-20)14-24-8-10-25(11-9-24)21(26)7-6-16-12-18(27-2)22(29-4)19(13-16)28-3/h6-7,12-13,15H,5,8-11,14H2,1-4H3. The minimum Gasteiger partial charge on any atom is -0.493 e. The first-order valence-corrected chi connectivity index (χ1v) is 10.9. The van der Waals surface area contributed by atoms with Gasteiger partial charge in [-0.25, -0.2) is 4.98 Å². The lowest BCUT2D eigenvalue weighted by molar-refractivity contribution is -0.127. The molecule has 0 atom stereocenters. The predicted molar refractivity (Wildman–Crippen MR) is 118 cm³/mol. The van der Waals surface area contributed by atoms with Crippen molar-refractivity contribution in [1.29, 1.82) is 0 Å². The number of aromatic nitrogens is 1. The highest BCUT2D eigenvalue weighted by molar-refractivity contribution is 7.09. The van der Waals surface area contributed by atoms with E-state index in [1.54, 1.807) is 44.8 Å². The van der Waals surface area contributed by atoms with Gasteiger partial charge in [-0.3, -0.25) is 9.69 Å². The Hall–Kier alpha value is -2.58. The topological polar surface area (TPSA) is 64.1 Å². The van der Waals surface area contributed by atoms with E-state index in [0.717, 1.165) is 37.3 Å². The Balaban J connectivity index is 1.57. The SMILES string of the molecule is CCc1nc(CN2CCN(C(=O)C=Cc3cc(OC)c(OC)c(OC)c3)CC2)cs1. The zero-order chi connectivity index (χ0) is 21.5. The van der Waals surface area contributed by atoms with Gasteiger partial charge < -0.3 is 19.1 Å². The molecule has 7 nitrogen and oxygen atoms in total. The molecule has 1 aliphatic rings. The van der Waals surface area contributed by atoms with E-state index in [1.165, 1.54) is 5.01 Å². The van der Waals surface area contributed by atoms with E-state index in [1.807, 2.05) is 17.0 Å². The number of ether oxygens (including phenoxy) is 3. The number of aryl methyl sites for hydroxylation is 1. The number of methoxy groups -OCH3 is 3. The lowest BCUT2D eigenvalue weighted by atomic mass is 10.1. The smallest absolute Gasteiger partial charge is 0.246 e. The molecule has 0 saturated carbocycles. The van der Waals surface area contributed by atoms with Crippen molar-refractivity contribution in [1.82, 2.24) is 14.8 Å². The summed E-state index contributed by atoms with van der Waals surface area (Å²) in [5.74, 6) is 1.66. The number of carbonyl (C=O) groups excluding carboxylic acids is 1. The maximum atomic E-state index is 12.6. The van der Waals surface area contributed by atoms with Crippen LogP contribution in [0.25, 0.3) is 6.08 Å². The van der Waals surface area contributed by atoms with E-state index in [2.05, 4.69) is 22.2 Å². The number of hydrogen-bond acceptors (Lipinski definition) is 7. The number of hydrogen-bond donors (Lipinski definition) is 0. The number of carbonyl (C=O) groups is 1. The molecule has 30 heavy (non-hydrogen) atoms. The van der Waals surface area contributed by atoms with Crippen LogP contribution in [-0.4, -0.2) is 68.2 Å². The lowest BCUT2D eigenvalue weighted by Gasteiger charge is -2.33. The summed E-state index contributed by atoms with van der Waals surface area (Å²) in [5, 5.41) is 3.31. The van der Waals surface area contributed by atoms with Crippen LogP contribution in [-0.2, 0) is 17.8 Å². The Morgan fingerprint density at radius 2 is 1.77 bits per heavy atom. The van der Waals surface area contributed by atoms with E-state index < -0.39 is 0 Å². The van der Waals surface area contributed by atoms with Crippen LogP contribution in [0.1, 0.15) is 23.2 Å². The predicted octanol–water partition coefficient (Wildman–Crippen LogP) is 3.09. The highest BCUT2D eigenvalue weighted by Crippen LogP contribution is 2.38. The van der Waals surface area contributed by atoms with Crippen molar-refractivity contribution in [2.45, 2.75) is 19.9 Å². The molecule has 0 radical (unpaired) electrons. The zero-order valence-electron chi connectivity index (χ0n) is 18.0. The summed E-state index contributed by atoms with van der Waals surface area (Å²) < 4.78 is 16.1. The van der Waals surface area contributed by atoms with E-state index >= 15 is 0 Å². The van der Waals surface area contributed by atoms with Crippen LogP contribution in [0.5, 0.6) is 17.2 Å². The maximum Gasteiger partial charge on any atom is 0.246 e. The third-order valence-electron chi connectivity index (χ3n) is 5.08. The average Bonchev–Trinajstić information content (AvgIpc) is 3.24. The second-order valence-corrected chi connectivity index (χ2v) is 7.92. The molecule has 2 aromatic rings. The Kier molecular flexibility index (Phi) is 7.70. The van der Waals surface area contributed by atoms with Crippen molar-refractivity contribution in [3.05, 3.63) is 39.9 Å². The number of rotatable bonds is 8. The van der Waals surface area contributed by atoms with Crippen LogP contribution in [0.3, 0.4) is 0 Å². The van der Waals surface area contributed by atoms with Crippen molar-refractivity contribution >= 4 is 23.3 Å². The van der Waals surface area contributed by atoms with Gasteiger partial charge in [0, 0.05) is 44.2 Å². The molecule has 1 amide bonds. The molecule has 2 heterocycles. The van der Waals surface area contributed by atoms with Gasteiger partial charge in [-0.2, -0.15) is 0 Å². The van der Waals surface area contributed by atoms with Gasteiger partial charge in [-0.05, 0) is 30.2 Å². The molecule has 0 bridgehead atoms. The van der Waals surface area contributed by atoms with Crippen LogP contribution in [0, 0.1) is 0 Å². The monoisotopic (exact) mass is 431 g/mol. The molecule has 0 N–H and O–H groups in total. The highest BCUT2D eigenvalue weighted by atomic mass is 32.1. The summed E-state index contributed by atoms with van der Waals surface area (Å²) in [7, 11) is 4.71.